The summed E-state index contributed by atoms with van der Waals surface area (Å²) in [6.45, 7) is 13.0. The van der Waals surface area contributed by atoms with Gasteiger partial charge in [0.25, 0.3) is 0 Å². The summed E-state index contributed by atoms with van der Waals surface area (Å²) in [6, 6.07) is 1.86. The molecule has 3 atom stereocenters. The lowest BCUT2D eigenvalue weighted by molar-refractivity contribution is -0.0265. The average Bonchev–Trinajstić information content (AvgIpc) is 2.35. The third-order valence-corrected chi connectivity index (χ3v) is 3.68. The van der Waals surface area contributed by atoms with Gasteiger partial charge in [-0.25, -0.2) is 0 Å². The van der Waals surface area contributed by atoms with Gasteiger partial charge in [0.05, 0.1) is 13.2 Å². The summed E-state index contributed by atoms with van der Waals surface area (Å²) in [5.41, 5.74) is 0. The molecule has 0 saturated carbocycles. The first-order chi connectivity index (χ1) is 7.69. The number of nitrogens with one attached hydrogen (secondary N) is 1. The van der Waals surface area contributed by atoms with Crippen molar-refractivity contribution in [1.29, 1.82) is 0 Å². The Bertz CT molecular complexity index is 187. The van der Waals surface area contributed by atoms with E-state index < -0.39 is 0 Å². The van der Waals surface area contributed by atoms with Crippen molar-refractivity contribution in [2.75, 3.05) is 26.3 Å². The maximum Gasteiger partial charge on any atom is 0.0622 e. The molecule has 1 N–H and O–H groups in total. The van der Waals surface area contributed by atoms with Gasteiger partial charge in [-0.05, 0) is 26.7 Å². The minimum absolute atomic E-state index is 0.613. The van der Waals surface area contributed by atoms with Crippen LogP contribution in [0.2, 0.25) is 0 Å². The van der Waals surface area contributed by atoms with Crippen LogP contribution < -0.4 is 5.32 Å². The first-order valence-electron chi connectivity index (χ1n) is 6.75. The number of hydrogen-bond acceptors (Lipinski definition) is 3. The average molecular weight is 228 g/mol. The highest BCUT2D eigenvalue weighted by Crippen LogP contribution is 2.13. The molecule has 1 aliphatic heterocycles. The van der Waals surface area contributed by atoms with E-state index >= 15 is 0 Å². The Morgan fingerprint density at radius 3 is 2.75 bits per heavy atom. The lowest BCUT2D eigenvalue weighted by Crippen LogP contribution is -2.53. The summed E-state index contributed by atoms with van der Waals surface area (Å²) in [4.78, 5) is 2.60. The van der Waals surface area contributed by atoms with Gasteiger partial charge in [0, 0.05) is 31.2 Å². The number of nitrogens with zero attached hydrogens (tertiary/aromatic N) is 1. The van der Waals surface area contributed by atoms with Crippen LogP contribution in [-0.2, 0) is 4.74 Å². The molecule has 16 heavy (non-hydrogen) atoms. The van der Waals surface area contributed by atoms with Crippen molar-refractivity contribution >= 4 is 0 Å². The number of morpholine rings is 1. The molecule has 0 bridgehead atoms. The van der Waals surface area contributed by atoms with E-state index in [2.05, 4.69) is 37.9 Å². The van der Waals surface area contributed by atoms with Gasteiger partial charge in [-0.15, -0.1) is 0 Å². The Morgan fingerprint density at radius 2 is 2.12 bits per heavy atom. The van der Waals surface area contributed by atoms with Crippen LogP contribution in [0.1, 0.15) is 40.5 Å². The van der Waals surface area contributed by atoms with E-state index in [9.17, 15) is 0 Å². The van der Waals surface area contributed by atoms with Crippen LogP contribution in [0, 0.1) is 0 Å². The summed E-state index contributed by atoms with van der Waals surface area (Å²) in [6.07, 6.45) is 2.39. The second kappa shape index (κ2) is 7.25. The molecule has 3 heteroatoms. The minimum atomic E-state index is 0.613. The Hall–Kier alpha value is -0.120. The molecule has 3 unspecified atom stereocenters. The molecular weight excluding hydrogens is 200 g/mol. The molecule has 0 aromatic carbocycles. The van der Waals surface area contributed by atoms with Gasteiger partial charge in [0.15, 0.2) is 0 Å². The molecule has 1 heterocycles. The quantitative estimate of drug-likeness (QED) is 0.751. The van der Waals surface area contributed by atoms with Crippen LogP contribution in [0.5, 0.6) is 0 Å². The van der Waals surface area contributed by atoms with E-state index in [-0.39, 0.29) is 0 Å². The fraction of sp³-hybridized carbons (Fsp3) is 1.00. The Labute approximate surface area is 101 Å². The standard InChI is InChI=1S/C13H28N2O/c1-5-11(3)14-9-12(4)15-7-8-16-10-13(15)6-2/h11-14H,5-10H2,1-4H3. The van der Waals surface area contributed by atoms with Gasteiger partial charge in [-0.1, -0.05) is 13.8 Å². The summed E-state index contributed by atoms with van der Waals surface area (Å²) in [5, 5.41) is 3.59. The predicted molar refractivity (Wildman–Crippen MR) is 68.8 cm³/mol. The van der Waals surface area contributed by atoms with Crippen molar-refractivity contribution in [2.45, 2.75) is 58.7 Å². The normalized spacial score (nSPS) is 26.6. The van der Waals surface area contributed by atoms with Crippen molar-refractivity contribution < 1.29 is 4.74 Å². The summed E-state index contributed by atoms with van der Waals surface area (Å²) in [5.74, 6) is 0. The second-order valence-corrected chi connectivity index (χ2v) is 4.94. The number of ether oxygens (including phenoxy) is 1. The largest absolute Gasteiger partial charge is 0.378 e. The van der Waals surface area contributed by atoms with Crippen molar-refractivity contribution in [2.24, 2.45) is 0 Å². The van der Waals surface area contributed by atoms with Crippen LogP contribution >= 0.6 is 0 Å². The molecule has 1 fully saturated rings. The number of rotatable bonds is 6. The third kappa shape index (κ3) is 4.04. The third-order valence-electron chi connectivity index (χ3n) is 3.68. The maximum absolute atomic E-state index is 5.54. The smallest absolute Gasteiger partial charge is 0.0622 e. The van der Waals surface area contributed by atoms with Crippen molar-refractivity contribution in [3.63, 3.8) is 0 Å². The fourth-order valence-electron chi connectivity index (χ4n) is 2.23. The van der Waals surface area contributed by atoms with Gasteiger partial charge >= 0.3 is 0 Å². The molecule has 1 rings (SSSR count). The molecule has 0 spiro atoms. The van der Waals surface area contributed by atoms with E-state index in [1.54, 1.807) is 0 Å². The zero-order valence-electron chi connectivity index (χ0n) is 11.3. The molecule has 0 radical (unpaired) electrons. The Morgan fingerprint density at radius 1 is 1.38 bits per heavy atom. The lowest BCUT2D eigenvalue weighted by Gasteiger charge is -2.39. The van der Waals surface area contributed by atoms with Gasteiger partial charge in [0.1, 0.15) is 0 Å². The summed E-state index contributed by atoms with van der Waals surface area (Å²) < 4.78 is 5.54. The molecule has 96 valence electrons. The van der Waals surface area contributed by atoms with Gasteiger partial charge in [0.2, 0.25) is 0 Å². The van der Waals surface area contributed by atoms with Gasteiger partial charge in [-0.3, -0.25) is 4.90 Å². The van der Waals surface area contributed by atoms with Crippen LogP contribution in [0.15, 0.2) is 0 Å². The van der Waals surface area contributed by atoms with Gasteiger partial charge < -0.3 is 10.1 Å². The van der Waals surface area contributed by atoms with E-state index in [4.69, 9.17) is 4.74 Å². The topological polar surface area (TPSA) is 24.5 Å². The van der Waals surface area contributed by atoms with E-state index in [1.165, 1.54) is 12.8 Å². The summed E-state index contributed by atoms with van der Waals surface area (Å²) in [7, 11) is 0. The molecule has 0 aromatic rings. The zero-order chi connectivity index (χ0) is 12.0. The predicted octanol–water partition coefficient (Wildman–Crippen LogP) is 1.87. The summed E-state index contributed by atoms with van der Waals surface area (Å²) >= 11 is 0. The molecule has 0 amide bonds. The first kappa shape index (κ1) is 13.9. The van der Waals surface area contributed by atoms with Gasteiger partial charge in [-0.2, -0.15) is 0 Å². The number of hydrogen-bond donors (Lipinski definition) is 1. The molecule has 0 aromatic heterocycles. The van der Waals surface area contributed by atoms with Crippen molar-refractivity contribution in [1.82, 2.24) is 10.2 Å². The van der Waals surface area contributed by atoms with Crippen LogP contribution in [-0.4, -0.2) is 49.3 Å². The maximum atomic E-state index is 5.54. The highest BCUT2D eigenvalue weighted by atomic mass is 16.5. The van der Waals surface area contributed by atoms with E-state index in [1.807, 2.05) is 0 Å². The van der Waals surface area contributed by atoms with Crippen molar-refractivity contribution in [3.05, 3.63) is 0 Å². The first-order valence-corrected chi connectivity index (χ1v) is 6.75. The second-order valence-electron chi connectivity index (χ2n) is 4.94. The minimum Gasteiger partial charge on any atom is -0.378 e. The fourth-order valence-corrected chi connectivity index (χ4v) is 2.23. The van der Waals surface area contributed by atoms with Crippen LogP contribution in [0.4, 0.5) is 0 Å². The molecule has 1 saturated heterocycles. The van der Waals surface area contributed by atoms with Crippen LogP contribution in [0.3, 0.4) is 0 Å². The molecule has 1 aliphatic rings. The molecule has 0 aliphatic carbocycles. The van der Waals surface area contributed by atoms with Crippen molar-refractivity contribution in [3.8, 4) is 0 Å². The van der Waals surface area contributed by atoms with E-state index in [0.29, 0.717) is 18.1 Å². The van der Waals surface area contributed by atoms with Crippen LogP contribution in [0.25, 0.3) is 0 Å². The highest BCUT2D eigenvalue weighted by Gasteiger charge is 2.25. The Kier molecular flexibility index (Phi) is 6.32. The van der Waals surface area contributed by atoms with E-state index in [0.717, 1.165) is 26.3 Å². The molecule has 3 nitrogen and oxygen atoms in total. The lowest BCUT2D eigenvalue weighted by atomic mass is 10.1. The Balaban J connectivity index is 2.35. The zero-order valence-corrected chi connectivity index (χ0v) is 11.3. The molecular formula is C13H28N2O. The SMILES string of the molecule is CCC(C)NCC(C)N1CCOCC1CC. The highest BCUT2D eigenvalue weighted by molar-refractivity contribution is 4.80. The monoisotopic (exact) mass is 228 g/mol.